The van der Waals surface area contributed by atoms with Crippen LogP contribution in [0.2, 0.25) is 0 Å². The van der Waals surface area contributed by atoms with Crippen LogP contribution >= 0.6 is 0 Å². The van der Waals surface area contributed by atoms with Crippen LogP contribution in [0.5, 0.6) is 0 Å². The fourth-order valence-corrected chi connectivity index (χ4v) is 3.37. The fraction of sp³-hybridized carbons (Fsp3) is 0.471. The van der Waals surface area contributed by atoms with Crippen molar-refractivity contribution in [2.24, 2.45) is 0 Å². The van der Waals surface area contributed by atoms with E-state index in [4.69, 9.17) is 0 Å². The maximum Gasteiger partial charge on any atom is 0.109 e. The molecule has 106 valence electrons. The van der Waals surface area contributed by atoms with E-state index in [1.807, 2.05) is 6.20 Å². The maximum atomic E-state index is 4.64. The van der Waals surface area contributed by atoms with Gasteiger partial charge in [0.05, 0.1) is 11.9 Å². The molecule has 2 N–H and O–H groups in total. The average Bonchev–Trinajstić information content (AvgIpc) is 2.88. The molecule has 0 unspecified atom stereocenters. The number of piperidine rings is 1. The third kappa shape index (κ3) is 2.50. The van der Waals surface area contributed by atoms with Crippen molar-refractivity contribution in [3.05, 3.63) is 40.8 Å². The Kier molecular flexibility index (Phi) is 3.62. The second kappa shape index (κ2) is 5.41. The summed E-state index contributed by atoms with van der Waals surface area (Å²) in [6.07, 6.45) is 4.36. The Balaban J connectivity index is 1.94. The number of rotatable bonds is 2. The number of nitrogens with zero attached hydrogens (tertiary/aromatic N) is 1. The van der Waals surface area contributed by atoms with Crippen molar-refractivity contribution in [1.29, 1.82) is 0 Å². The molecule has 1 aliphatic heterocycles. The Hall–Kier alpha value is -1.61. The second-order valence-corrected chi connectivity index (χ2v) is 5.98. The van der Waals surface area contributed by atoms with Crippen molar-refractivity contribution >= 4 is 0 Å². The van der Waals surface area contributed by atoms with Crippen LogP contribution in [0.1, 0.15) is 41.3 Å². The van der Waals surface area contributed by atoms with Gasteiger partial charge in [0.15, 0.2) is 0 Å². The second-order valence-electron chi connectivity index (χ2n) is 5.98. The molecule has 3 nitrogen and oxygen atoms in total. The summed E-state index contributed by atoms with van der Waals surface area (Å²) >= 11 is 0. The van der Waals surface area contributed by atoms with E-state index in [2.05, 4.69) is 48.2 Å². The minimum Gasteiger partial charge on any atom is -0.342 e. The standard InChI is InChI=1S/C17H23N3/c1-11-8-12(2)16(13(3)9-11)15-10-19-17(20-15)14-4-6-18-7-5-14/h8-10,14,18H,4-7H2,1-3H3,(H,19,20). The molecule has 2 aromatic rings. The van der Waals surface area contributed by atoms with Crippen LogP contribution in [0.3, 0.4) is 0 Å². The molecule has 0 saturated carbocycles. The van der Waals surface area contributed by atoms with E-state index in [1.165, 1.54) is 35.1 Å². The van der Waals surface area contributed by atoms with Crippen LogP contribution in [0, 0.1) is 20.8 Å². The number of hydrogen-bond donors (Lipinski definition) is 2. The SMILES string of the molecule is Cc1cc(C)c(-c2cnc(C3CCNCC3)[nH]2)c(C)c1. The highest BCUT2D eigenvalue weighted by atomic mass is 14.9. The number of H-pyrrole nitrogens is 1. The third-order valence-electron chi connectivity index (χ3n) is 4.27. The number of aromatic amines is 1. The van der Waals surface area contributed by atoms with Crippen LogP contribution < -0.4 is 5.32 Å². The van der Waals surface area contributed by atoms with Crippen molar-refractivity contribution in [2.75, 3.05) is 13.1 Å². The largest absolute Gasteiger partial charge is 0.342 e. The van der Waals surface area contributed by atoms with Gasteiger partial charge in [-0.15, -0.1) is 0 Å². The molecule has 1 saturated heterocycles. The molecule has 3 heteroatoms. The normalized spacial score (nSPS) is 16.6. The zero-order valence-electron chi connectivity index (χ0n) is 12.6. The quantitative estimate of drug-likeness (QED) is 0.876. The van der Waals surface area contributed by atoms with Crippen LogP contribution in [0.15, 0.2) is 18.3 Å². The summed E-state index contributed by atoms with van der Waals surface area (Å²) in [5.74, 6) is 1.73. The first kappa shape index (κ1) is 13.4. The van der Waals surface area contributed by atoms with Gasteiger partial charge in [-0.2, -0.15) is 0 Å². The summed E-state index contributed by atoms with van der Waals surface area (Å²) in [6, 6.07) is 4.49. The van der Waals surface area contributed by atoms with Gasteiger partial charge in [-0.1, -0.05) is 17.7 Å². The van der Waals surface area contributed by atoms with E-state index in [-0.39, 0.29) is 0 Å². The molecule has 0 atom stereocenters. The minimum absolute atomic E-state index is 0.580. The molecule has 0 radical (unpaired) electrons. The summed E-state index contributed by atoms with van der Waals surface area (Å²) < 4.78 is 0. The highest BCUT2D eigenvalue weighted by Crippen LogP contribution is 2.29. The first-order valence-electron chi connectivity index (χ1n) is 7.49. The van der Waals surface area contributed by atoms with Crippen molar-refractivity contribution in [3.63, 3.8) is 0 Å². The smallest absolute Gasteiger partial charge is 0.109 e. The van der Waals surface area contributed by atoms with Gasteiger partial charge < -0.3 is 10.3 Å². The third-order valence-corrected chi connectivity index (χ3v) is 4.27. The van der Waals surface area contributed by atoms with E-state index in [0.717, 1.165) is 24.6 Å². The van der Waals surface area contributed by atoms with E-state index in [1.54, 1.807) is 0 Å². The summed E-state index contributed by atoms with van der Waals surface area (Å²) in [6.45, 7) is 8.71. The van der Waals surface area contributed by atoms with Crippen LogP contribution in [0.25, 0.3) is 11.3 Å². The molecule has 0 amide bonds. The number of hydrogen-bond acceptors (Lipinski definition) is 2. The maximum absolute atomic E-state index is 4.64. The lowest BCUT2D eigenvalue weighted by Crippen LogP contribution is -2.27. The predicted molar refractivity (Wildman–Crippen MR) is 83.1 cm³/mol. The first-order chi connectivity index (χ1) is 9.65. The minimum atomic E-state index is 0.580. The molecular weight excluding hydrogens is 246 g/mol. The van der Waals surface area contributed by atoms with Gasteiger partial charge >= 0.3 is 0 Å². The molecule has 0 spiro atoms. The summed E-state index contributed by atoms with van der Waals surface area (Å²) in [5, 5.41) is 3.41. The van der Waals surface area contributed by atoms with Crippen molar-refractivity contribution in [3.8, 4) is 11.3 Å². The molecule has 1 fully saturated rings. The Labute approximate surface area is 120 Å². The van der Waals surface area contributed by atoms with E-state index in [9.17, 15) is 0 Å². The number of aromatic nitrogens is 2. The lowest BCUT2D eigenvalue weighted by Gasteiger charge is -2.20. The zero-order valence-corrected chi connectivity index (χ0v) is 12.6. The summed E-state index contributed by atoms with van der Waals surface area (Å²) in [5.41, 5.74) is 6.43. The highest BCUT2D eigenvalue weighted by Gasteiger charge is 2.19. The molecule has 3 rings (SSSR count). The Morgan fingerprint density at radius 3 is 2.35 bits per heavy atom. The van der Waals surface area contributed by atoms with Gasteiger partial charge in [-0.05, 0) is 57.8 Å². The van der Waals surface area contributed by atoms with Gasteiger partial charge in [-0.3, -0.25) is 0 Å². The molecule has 2 heterocycles. The van der Waals surface area contributed by atoms with Crippen molar-refractivity contribution in [1.82, 2.24) is 15.3 Å². The molecule has 20 heavy (non-hydrogen) atoms. The summed E-state index contributed by atoms with van der Waals surface area (Å²) in [4.78, 5) is 8.20. The lowest BCUT2D eigenvalue weighted by molar-refractivity contribution is 0.447. The number of imidazole rings is 1. The van der Waals surface area contributed by atoms with Crippen LogP contribution in [0.4, 0.5) is 0 Å². The van der Waals surface area contributed by atoms with E-state index < -0.39 is 0 Å². The molecule has 1 aromatic carbocycles. The summed E-state index contributed by atoms with van der Waals surface area (Å²) in [7, 11) is 0. The highest BCUT2D eigenvalue weighted by molar-refractivity contribution is 5.67. The Morgan fingerprint density at radius 2 is 1.70 bits per heavy atom. The fourth-order valence-electron chi connectivity index (χ4n) is 3.37. The van der Waals surface area contributed by atoms with Gasteiger partial charge in [0.25, 0.3) is 0 Å². The van der Waals surface area contributed by atoms with E-state index >= 15 is 0 Å². The van der Waals surface area contributed by atoms with Gasteiger partial charge in [0, 0.05) is 11.5 Å². The monoisotopic (exact) mass is 269 g/mol. The number of nitrogens with one attached hydrogen (secondary N) is 2. The Morgan fingerprint density at radius 1 is 1.05 bits per heavy atom. The van der Waals surface area contributed by atoms with Gasteiger partial charge in [0.2, 0.25) is 0 Å². The zero-order chi connectivity index (χ0) is 14.1. The molecule has 0 aliphatic carbocycles. The van der Waals surface area contributed by atoms with Crippen LogP contribution in [-0.2, 0) is 0 Å². The predicted octanol–water partition coefficient (Wildman–Crippen LogP) is 3.47. The average molecular weight is 269 g/mol. The lowest BCUT2D eigenvalue weighted by atomic mass is 9.97. The molecule has 1 aromatic heterocycles. The molecule has 0 bridgehead atoms. The first-order valence-corrected chi connectivity index (χ1v) is 7.49. The Bertz CT molecular complexity index is 583. The van der Waals surface area contributed by atoms with Gasteiger partial charge in [-0.25, -0.2) is 4.98 Å². The number of aryl methyl sites for hydroxylation is 3. The topological polar surface area (TPSA) is 40.7 Å². The van der Waals surface area contributed by atoms with Crippen LogP contribution in [-0.4, -0.2) is 23.1 Å². The number of benzene rings is 1. The van der Waals surface area contributed by atoms with E-state index in [0.29, 0.717) is 5.92 Å². The molecule has 1 aliphatic rings. The van der Waals surface area contributed by atoms with Crippen molar-refractivity contribution in [2.45, 2.75) is 39.5 Å². The molecular formula is C17H23N3. The van der Waals surface area contributed by atoms with Crippen molar-refractivity contribution < 1.29 is 0 Å². The van der Waals surface area contributed by atoms with Gasteiger partial charge in [0.1, 0.15) is 5.82 Å².